The molecule has 3 aromatic rings. The van der Waals surface area contributed by atoms with Crippen LogP contribution in [0.3, 0.4) is 0 Å². The Hall–Kier alpha value is -2.61. The van der Waals surface area contributed by atoms with Gasteiger partial charge in [-0.25, -0.2) is 5.43 Å². The number of nitrogens with zero attached hydrogens (tertiary/aromatic N) is 2. The first kappa shape index (κ1) is 19.2. The van der Waals surface area contributed by atoms with Gasteiger partial charge >= 0.3 is 0 Å². The van der Waals surface area contributed by atoms with Crippen LogP contribution < -0.4 is 10.2 Å². The molecule has 1 amide bonds. The molecular formula is C21H20IN3O2. The number of hydrogen-bond acceptors (Lipinski definition) is 3. The number of nitrogens with one attached hydrogen (secondary N) is 1. The molecule has 0 radical (unpaired) electrons. The molecule has 0 unspecified atom stereocenters. The van der Waals surface area contributed by atoms with Gasteiger partial charge in [0.15, 0.2) is 0 Å². The number of aryl methyl sites for hydroxylation is 1. The lowest BCUT2D eigenvalue weighted by Crippen LogP contribution is -2.17. The van der Waals surface area contributed by atoms with Gasteiger partial charge in [-0.2, -0.15) is 5.10 Å². The van der Waals surface area contributed by atoms with Gasteiger partial charge < -0.3 is 9.30 Å². The zero-order chi connectivity index (χ0) is 19.4. The number of hydrogen-bond donors (Lipinski definition) is 1. The molecule has 0 bridgehead atoms. The second-order valence-corrected chi connectivity index (χ2v) is 7.21. The standard InChI is InChI=1S/C21H20IN3O2/c1-14-11-17(15(2)25(14)18-7-5-4-6-8-18)13-23-24-21(26)16-9-10-19(22)20(12-16)27-3/h4-13H,1-3H3,(H,24,26)/b23-13+. The van der Waals surface area contributed by atoms with Crippen molar-refractivity contribution >= 4 is 34.7 Å². The van der Waals surface area contributed by atoms with E-state index in [2.05, 4.69) is 49.8 Å². The van der Waals surface area contributed by atoms with Crippen LogP contribution in [0.5, 0.6) is 5.75 Å². The fourth-order valence-corrected chi connectivity index (χ4v) is 3.47. The molecule has 6 heteroatoms. The minimum atomic E-state index is -0.280. The first-order valence-electron chi connectivity index (χ1n) is 8.42. The van der Waals surface area contributed by atoms with E-state index in [1.165, 1.54) is 0 Å². The number of carbonyl (C=O) groups excluding carboxylic acids is 1. The molecule has 0 spiro atoms. The maximum absolute atomic E-state index is 12.3. The number of carbonyl (C=O) groups is 1. The smallest absolute Gasteiger partial charge is 0.271 e. The highest BCUT2D eigenvalue weighted by Crippen LogP contribution is 2.22. The number of para-hydroxylation sites is 1. The highest BCUT2D eigenvalue weighted by Gasteiger charge is 2.10. The normalized spacial score (nSPS) is 11.0. The average molecular weight is 473 g/mol. The van der Waals surface area contributed by atoms with Crippen LogP contribution in [0.1, 0.15) is 27.3 Å². The molecule has 1 heterocycles. The Bertz CT molecular complexity index is 994. The van der Waals surface area contributed by atoms with Gasteiger partial charge in [-0.15, -0.1) is 0 Å². The summed E-state index contributed by atoms with van der Waals surface area (Å²) in [5.41, 5.74) is 7.30. The molecule has 3 rings (SSSR count). The fourth-order valence-electron chi connectivity index (χ4n) is 2.92. The van der Waals surface area contributed by atoms with Gasteiger partial charge in [0, 0.05) is 28.2 Å². The summed E-state index contributed by atoms with van der Waals surface area (Å²) in [4.78, 5) is 12.3. The Balaban J connectivity index is 1.76. The number of hydrazone groups is 1. The SMILES string of the molecule is COc1cc(C(=O)N/N=C/c2cc(C)n(-c3ccccc3)c2C)ccc1I. The summed E-state index contributed by atoms with van der Waals surface area (Å²) in [6.45, 7) is 4.08. The van der Waals surface area contributed by atoms with Gasteiger partial charge in [0.2, 0.25) is 0 Å². The van der Waals surface area contributed by atoms with E-state index in [9.17, 15) is 4.79 Å². The second kappa shape index (κ2) is 8.39. The van der Waals surface area contributed by atoms with Crippen molar-refractivity contribution < 1.29 is 9.53 Å². The van der Waals surface area contributed by atoms with Crippen LogP contribution in [-0.4, -0.2) is 23.8 Å². The summed E-state index contributed by atoms with van der Waals surface area (Å²) in [6, 6.07) is 17.5. The molecule has 27 heavy (non-hydrogen) atoms. The predicted molar refractivity (Wildman–Crippen MR) is 116 cm³/mol. The third-order valence-corrected chi connectivity index (χ3v) is 5.16. The van der Waals surface area contributed by atoms with Crippen LogP contribution in [0.2, 0.25) is 0 Å². The van der Waals surface area contributed by atoms with Gasteiger partial charge in [-0.1, -0.05) is 18.2 Å². The largest absolute Gasteiger partial charge is 0.496 e. The molecule has 1 aromatic heterocycles. The molecule has 5 nitrogen and oxygen atoms in total. The van der Waals surface area contributed by atoms with Crippen molar-refractivity contribution in [3.05, 3.63) is 80.7 Å². The first-order valence-corrected chi connectivity index (χ1v) is 9.50. The summed E-state index contributed by atoms with van der Waals surface area (Å²) in [6.07, 6.45) is 1.67. The number of ether oxygens (including phenoxy) is 1. The van der Waals surface area contributed by atoms with Crippen LogP contribution in [0.25, 0.3) is 5.69 Å². The van der Waals surface area contributed by atoms with Gasteiger partial charge in [0.25, 0.3) is 5.91 Å². The summed E-state index contributed by atoms with van der Waals surface area (Å²) in [5.74, 6) is 0.386. The minimum absolute atomic E-state index is 0.280. The molecule has 0 saturated carbocycles. The third kappa shape index (κ3) is 4.21. The van der Waals surface area contributed by atoms with Crippen LogP contribution in [0.4, 0.5) is 0 Å². The Morgan fingerprint density at radius 3 is 2.59 bits per heavy atom. The lowest BCUT2D eigenvalue weighted by Gasteiger charge is -2.09. The lowest BCUT2D eigenvalue weighted by molar-refractivity contribution is 0.0954. The van der Waals surface area contributed by atoms with E-state index in [1.54, 1.807) is 25.5 Å². The second-order valence-electron chi connectivity index (χ2n) is 6.05. The highest BCUT2D eigenvalue weighted by atomic mass is 127. The summed E-state index contributed by atoms with van der Waals surface area (Å²) < 4.78 is 8.36. The van der Waals surface area contributed by atoms with Crippen LogP contribution in [0, 0.1) is 17.4 Å². The zero-order valence-corrected chi connectivity index (χ0v) is 17.5. The summed E-state index contributed by atoms with van der Waals surface area (Å²) >= 11 is 2.16. The minimum Gasteiger partial charge on any atom is -0.496 e. The number of rotatable bonds is 5. The molecule has 0 saturated heterocycles. The molecule has 0 aliphatic rings. The Labute approximate surface area is 172 Å². The van der Waals surface area contributed by atoms with E-state index in [1.807, 2.05) is 44.2 Å². The van der Waals surface area contributed by atoms with E-state index >= 15 is 0 Å². The van der Waals surface area contributed by atoms with Crippen LogP contribution in [-0.2, 0) is 0 Å². The molecular weight excluding hydrogens is 453 g/mol. The molecule has 138 valence electrons. The van der Waals surface area contributed by atoms with E-state index in [4.69, 9.17) is 4.74 Å². The van der Waals surface area contributed by atoms with E-state index < -0.39 is 0 Å². The first-order chi connectivity index (χ1) is 13.0. The topological polar surface area (TPSA) is 55.6 Å². The fraction of sp³-hybridized carbons (Fsp3) is 0.143. The average Bonchev–Trinajstić information content (AvgIpc) is 2.96. The maximum Gasteiger partial charge on any atom is 0.271 e. The molecule has 1 N–H and O–H groups in total. The zero-order valence-electron chi connectivity index (χ0n) is 15.4. The number of benzene rings is 2. The van der Waals surface area contributed by atoms with Gasteiger partial charge in [0.1, 0.15) is 5.75 Å². The molecule has 0 fully saturated rings. The molecule has 0 atom stereocenters. The van der Waals surface area contributed by atoms with Gasteiger partial charge in [-0.3, -0.25) is 4.79 Å². The van der Waals surface area contributed by atoms with E-state index in [0.29, 0.717) is 11.3 Å². The predicted octanol–water partition coefficient (Wildman–Crippen LogP) is 4.47. The third-order valence-electron chi connectivity index (χ3n) is 4.27. The van der Waals surface area contributed by atoms with Crippen molar-refractivity contribution in [2.24, 2.45) is 5.10 Å². The maximum atomic E-state index is 12.3. The van der Waals surface area contributed by atoms with Crippen molar-refractivity contribution in [3.8, 4) is 11.4 Å². The van der Waals surface area contributed by atoms with E-state index in [0.717, 1.165) is 26.2 Å². The van der Waals surface area contributed by atoms with Gasteiger partial charge in [0.05, 0.1) is 16.9 Å². The van der Waals surface area contributed by atoms with E-state index in [-0.39, 0.29) is 5.91 Å². The number of methoxy groups -OCH3 is 1. The van der Waals surface area contributed by atoms with Crippen LogP contribution in [0.15, 0.2) is 59.7 Å². The van der Waals surface area contributed by atoms with Crippen molar-refractivity contribution in [1.29, 1.82) is 0 Å². The lowest BCUT2D eigenvalue weighted by atomic mass is 10.2. The van der Waals surface area contributed by atoms with Gasteiger partial charge in [-0.05, 0) is 72.8 Å². The molecule has 0 aliphatic heterocycles. The number of amides is 1. The summed E-state index contributed by atoms with van der Waals surface area (Å²) in [7, 11) is 1.58. The molecule has 0 aliphatic carbocycles. The number of aromatic nitrogens is 1. The van der Waals surface area contributed by atoms with Crippen molar-refractivity contribution in [2.75, 3.05) is 7.11 Å². The summed E-state index contributed by atoms with van der Waals surface area (Å²) in [5, 5.41) is 4.12. The quantitative estimate of drug-likeness (QED) is 0.338. The Morgan fingerprint density at radius 2 is 1.89 bits per heavy atom. The number of halogens is 1. The Morgan fingerprint density at radius 1 is 1.15 bits per heavy atom. The van der Waals surface area contributed by atoms with Crippen molar-refractivity contribution in [1.82, 2.24) is 9.99 Å². The monoisotopic (exact) mass is 473 g/mol. The molecule has 2 aromatic carbocycles. The van der Waals surface area contributed by atoms with Crippen molar-refractivity contribution in [2.45, 2.75) is 13.8 Å². The highest BCUT2D eigenvalue weighted by molar-refractivity contribution is 14.1. The van der Waals surface area contributed by atoms with Crippen LogP contribution >= 0.6 is 22.6 Å². The van der Waals surface area contributed by atoms with Crippen molar-refractivity contribution in [3.63, 3.8) is 0 Å². The Kier molecular flexibility index (Phi) is 5.95.